The number of hydrogen-bond donors (Lipinski definition) is 1. The molecule has 0 aromatic heterocycles. The predicted molar refractivity (Wildman–Crippen MR) is 88.6 cm³/mol. The number of carboxylic acid groups (broad SMARTS) is 1. The van der Waals surface area contributed by atoms with E-state index in [4.69, 9.17) is 9.84 Å². The molecule has 4 nitrogen and oxygen atoms in total. The number of carbonyl (C=O) groups is 2. The highest BCUT2D eigenvalue weighted by Gasteiger charge is 2.29. The van der Waals surface area contributed by atoms with Crippen molar-refractivity contribution in [2.45, 2.75) is 19.4 Å². The first-order valence-corrected chi connectivity index (χ1v) is 7.18. The Morgan fingerprint density at radius 1 is 1.00 bits per heavy atom. The average Bonchev–Trinajstić information content (AvgIpc) is 2.54. The molecule has 1 N–H and O–H groups in total. The second-order valence-electron chi connectivity index (χ2n) is 5.55. The van der Waals surface area contributed by atoms with Gasteiger partial charge in [0.15, 0.2) is 11.4 Å². The van der Waals surface area contributed by atoms with Crippen LogP contribution in [0.4, 0.5) is 0 Å². The van der Waals surface area contributed by atoms with Gasteiger partial charge in [-0.3, -0.25) is 4.79 Å². The first-order valence-electron chi connectivity index (χ1n) is 7.18. The number of ketones is 1. The molecule has 0 aliphatic heterocycles. The molecule has 23 heavy (non-hydrogen) atoms. The van der Waals surface area contributed by atoms with Crippen LogP contribution >= 0.6 is 0 Å². The summed E-state index contributed by atoms with van der Waals surface area (Å²) < 4.78 is 5.42. The third-order valence-electron chi connectivity index (χ3n) is 3.25. The molecule has 0 fully saturated rings. The van der Waals surface area contributed by atoms with E-state index in [1.165, 1.54) is 19.9 Å². The van der Waals surface area contributed by atoms with Crippen LogP contribution in [-0.4, -0.2) is 22.5 Å². The maximum Gasteiger partial charge on any atom is 0.347 e. The van der Waals surface area contributed by atoms with Crippen LogP contribution in [0.5, 0.6) is 5.75 Å². The second-order valence-corrected chi connectivity index (χ2v) is 5.55. The lowest BCUT2D eigenvalue weighted by Gasteiger charge is -2.21. The summed E-state index contributed by atoms with van der Waals surface area (Å²) in [5.74, 6) is -0.642. The average molecular weight is 310 g/mol. The zero-order chi connectivity index (χ0) is 16.9. The quantitative estimate of drug-likeness (QED) is 0.650. The van der Waals surface area contributed by atoms with Crippen LogP contribution < -0.4 is 4.74 Å². The molecule has 0 radical (unpaired) electrons. The van der Waals surface area contributed by atoms with E-state index in [9.17, 15) is 9.59 Å². The Labute approximate surface area is 135 Å². The molecule has 2 aromatic carbocycles. The van der Waals surface area contributed by atoms with Crippen molar-refractivity contribution in [1.82, 2.24) is 0 Å². The summed E-state index contributed by atoms with van der Waals surface area (Å²) in [6.07, 6.45) is 3.22. The summed E-state index contributed by atoms with van der Waals surface area (Å²) in [6, 6.07) is 15.9. The largest absolute Gasteiger partial charge is 0.478 e. The van der Waals surface area contributed by atoms with E-state index in [1.807, 2.05) is 18.2 Å². The van der Waals surface area contributed by atoms with Crippen molar-refractivity contribution in [3.05, 3.63) is 71.8 Å². The SMILES string of the molecule is CC(C)(Oc1ccc(/C=C/C(=O)c2ccccc2)cc1)C(=O)O. The van der Waals surface area contributed by atoms with Gasteiger partial charge in [-0.15, -0.1) is 0 Å². The third kappa shape index (κ3) is 4.54. The molecule has 0 amide bonds. The Kier molecular flexibility index (Phi) is 4.96. The monoisotopic (exact) mass is 310 g/mol. The van der Waals surface area contributed by atoms with Gasteiger partial charge in [-0.25, -0.2) is 4.79 Å². The molecule has 118 valence electrons. The number of carbonyl (C=O) groups excluding carboxylic acids is 1. The Bertz CT molecular complexity index is 713. The van der Waals surface area contributed by atoms with E-state index < -0.39 is 11.6 Å². The van der Waals surface area contributed by atoms with E-state index in [-0.39, 0.29) is 5.78 Å². The van der Waals surface area contributed by atoms with E-state index >= 15 is 0 Å². The molecule has 4 heteroatoms. The first kappa shape index (κ1) is 16.5. The molecule has 0 saturated carbocycles. The Balaban J connectivity index is 2.04. The number of aliphatic carboxylic acids is 1. The summed E-state index contributed by atoms with van der Waals surface area (Å²) in [4.78, 5) is 23.0. The van der Waals surface area contributed by atoms with E-state index in [0.29, 0.717) is 11.3 Å². The Morgan fingerprint density at radius 2 is 1.61 bits per heavy atom. The predicted octanol–water partition coefficient (Wildman–Crippen LogP) is 3.82. The van der Waals surface area contributed by atoms with Gasteiger partial charge in [0.1, 0.15) is 5.75 Å². The topological polar surface area (TPSA) is 63.6 Å². The third-order valence-corrected chi connectivity index (χ3v) is 3.25. The van der Waals surface area contributed by atoms with Gasteiger partial charge in [0.25, 0.3) is 0 Å². The number of carboxylic acids is 1. The standard InChI is InChI=1S/C19H18O4/c1-19(2,18(21)22)23-16-11-8-14(9-12-16)10-13-17(20)15-6-4-3-5-7-15/h3-13H,1-2H3,(H,21,22)/b13-10+. The summed E-state index contributed by atoms with van der Waals surface area (Å²) >= 11 is 0. The molecule has 0 aliphatic carbocycles. The fraction of sp³-hybridized carbons (Fsp3) is 0.158. The van der Waals surface area contributed by atoms with Crippen LogP contribution in [0.3, 0.4) is 0 Å². The van der Waals surface area contributed by atoms with Crippen molar-refractivity contribution in [2.24, 2.45) is 0 Å². The fourth-order valence-corrected chi connectivity index (χ4v) is 1.86. The number of hydrogen-bond acceptors (Lipinski definition) is 3. The minimum Gasteiger partial charge on any atom is -0.478 e. The Morgan fingerprint density at radius 3 is 2.17 bits per heavy atom. The van der Waals surface area contributed by atoms with Gasteiger partial charge in [-0.05, 0) is 37.6 Å². The maximum atomic E-state index is 12.0. The van der Waals surface area contributed by atoms with Gasteiger partial charge in [0.2, 0.25) is 0 Å². The van der Waals surface area contributed by atoms with Crippen LogP contribution in [0.15, 0.2) is 60.7 Å². The number of ether oxygens (including phenoxy) is 1. The molecule has 0 heterocycles. The molecule has 2 rings (SSSR count). The molecular formula is C19H18O4. The zero-order valence-corrected chi connectivity index (χ0v) is 13.0. The molecule has 2 aromatic rings. The normalized spacial score (nSPS) is 11.4. The van der Waals surface area contributed by atoms with Crippen molar-refractivity contribution in [3.8, 4) is 5.75 Å². The highest BCUT2D eigenvalue weighted by molar-refractivity contribution is 6.06. The van der Waals surface area contributed by atoms with Gasteiger partial charge in [-0.2, -0.15) is 0 Å². The summed E-state index contributed by atoms with van der Waals surface area (Å²) in [5.41, 5.74) is 0.169. The number of rotatable bonds is 6. The second kappa shape index (κ2) is 6.92. The van der Waals surface area contributed by atoms with Crippen LogP contribution in [0.2, 0.25) is 0 Å². The molecular weight excluding hydrogens is 292 g/mol. The van der Waals surface area contributed by atoms with Gasteiger partial charge in [0.05, 0.1) is 0 Å². The van der Waals surface area contributed by atoms with E-state index in [0.717, 1.165) is 5.56 Å². The number of allylic oxidation sites excluding steroid dienone is 1. The van der Waals surface area contributed by atoms with Gasteiger partial charge >= 0.3 is 5.97 Å². The molecule has 0 aliphatic rings. The lowest BCUT2D eigenvalue weighted by Crippen LogP contribution is -2.37. The molecule has 0 unspecified atom stereocenters. The minimum absolute atomic E-state index is 0.0714. The van der Waals surface area contributed by atoms with Crippen molar-refractivity contribution < 1.29 is 19.4 Å². The van der Waals surface area contributed by atoms with Crippen LogP contribution in [0.1, 0.15) is 29.8 Å². The minimum atomic E-state index is -1.29. The smallest absolute Gasteiger partial charge is 0.347 e. The lowest BCUT2D eigenvalue weighted by atomic mass is 10.1. The Hall–Kier alpha value is -2.88. The maximum absolute atomic E-state index is 12.0. The van der Waals surface area contributed by atoms with Crippen molar-refractivity contribution in [2.75, 3.05) is 0 Å². The summed E-state index contributed by atoms with van der Waals surface area (Å²) in [5, 5.41) is 9.04. The molecule has 0 spiro atoms. The highest BCUT2D eigenvalue weighted by Crippen LogP contribution is 2.19. The molecule has 0 bridgehead atoms. The van der Waals surface area contributed by atoms with Crippen molar-refractivity contribution in [1.29, 1.82) is 0 Å². The van der Waals surface area contributed by atoms with Gasteiger partial charge in [-0.1, -0.05) is 48.5 Å². The molecule has 0 atom stereocenters. The van der Waals surface area contributed by atoms with Crippen molar-refractivity contribution in [3.63, 3.8) is 0 Å². The van der Waals surface area contributed by atoms with Gasteiger partial charge in [0, 0.05) is 5.56 Å². The van der Waals surface area contributed by atoms with Crippen LogP contribution in [-0.2, 0) is 4.79 Å². The summed E-state index contributed by atoms with van der Waals surface area (Å²) in [6.45, 7) is 2.98. The summed E-state index contributed by atoms with van der Waals surface area (Å²) in [7, 11) is 0. The highest BCUT2D eigenvalue weighted by atomic mass is 16.5. The van der Waals surface area contributed by atoms with Crippen LogP contribution in [0, 0.1) is 0 Å². The van der Waals surface area contributed by atoms with Crippen LogP contribution in [0.25, 0.3) is 6.08 Å². The zero-order valence-electron chi connectivity index (χ0n) is 13.0. The van der Waals surface area contributed by atoms with E-state index in [1.54, 1.807) is 42.5 Å². The fourth-order valence-electron chi connectivity index (χ4n) is 1.86. The first-order chi connectivity index (χ1) is 10.9. The number of benzene rings is 2. The molecule has 0 saturated heterocycles. The van der Waals surface area contributed by atoms with E-state index in [2.05, 4.69) is 0 Å². The van der Waals surface area contributed by atoms with Gasteiger partial charge < -0.3 is 9.84 Å². The van der Waals surface area contributed by atoms with Crippen molar-refractivity contribution >= 4 is 17.8 Å². The lowest BCUT2D eigenvalue weighted by molar-refractivity contribution is -0.152.